The molecule has 0 spiro atoms. The summed E-state index contributed by atoms with van der Waals surface area (Å²) in [6.07, 6.45) is 0.406. The Morgan fingerprint density at radius 3 is 2.46 bits per heavy atom. The normalized spacial score (nSPS) is 16.9. The van der Waals surface area contributed by atoms with Crippen molar-refractivity contribution in [3.63, 3.8) is 0 Å². The van der Waals surface area contributed by atoms with E-state index in [9.17, 15) is 21.6 Å². The van der Waals surface area contributed by atoms with E-state index in [0.717, 1.165) is 39.3 Å². The third-order valence-electron chi connectivity index (χ3n) is 5.41. The van der Waals surface area contributed by atoms with Crippen molar-refractivity contribution in [2.45, 2.75) is 36.9 Å². The largest absolute Gasteiger partial charge is 0.490 e. The highest BCUT2D eigenvalue weighted by Gasteiger charge is 2.38. The third kappa shape index (κ3) is 6.71. The minimum Gasteiger partial charge on any atom is -0.475 e. The molecule has 7 nitrogen and oxygen atoms in total. The number of piperidine rings is 1. The molecule has 0 amide bonds. The van der Waals surface area contributed by atoms with Crippen molar-refractivity contribution in [3.05, 3.63) is 64.9 Å². The molecule has 4 rings (SSSR count). The second-order valence-electron chi connectivity index (χ2n) is 7.96. The Morgan fingerprint density at radius 2 is 1.83 bits per heavy atom. The molecule has 1 aromatic heterocycles. The molecular formula is C23H23BrF3N3O4S. The SMILES string of the molecule is Cc1cncc2cccc(NC3CCCN(S(=O)(=O)c4ccc(Br)cc4)C3)c12.O=C(O)C(F)(F)F. The molecule has 1 atom stereocenters. The number of halogens is 4. The molecule has 188 valence electrons. The third-order valence-corrected chi connectivity index (χ3v) is 7.82. The van der Waals surface area contributed by atoms with Gasteiger partial charge < -0.3 is 10.4 Å². The van der Waals surface area contributed by atoms with E-state index in [-0.39, 0.29) is 6.04 Å². The molecule has 0 radical (unpaired) electrons. The molecule has 12 heteroatoms. The van der Waals surface area contributed by atoms with Crippen LogP contribution in [0.25, 0.3) is 10.8 Å². The Labute approximate surface area is 209 Å². The molecule has 0 bridgehead atoms. The molecule has 1 aliphatic heterocycles. The van der Waals surface area contributed by atoms with E-state index < -0.39 is 22.2 Å². The number of aryl methyl sites for hydroxylation is 1. The van der Waals surface area contributed by atoms with Crippen molar-refractivity contribution in [1.82, 2.24) is 9.29 Å². The summed E-state index contributed by atoms with van der Waals surface area (Å²) < 4.78 is 60.3. The lowest BCUT2D eigenvalue weighted by Crippen LogP contribution is -2.45. The van der Waals surface area contributed by atoms with Gasteiger partial charge in [0, 0.05) is 52.5 Å². The van der Waals surface area contributed by atoms with Gasteiger partial charge in [-0.1, -0.05) is 28.1 Å². The maximum absolute atomic E-state index is 13.0. The molecular weight excluding hydrogens is 551 g/mol. The number of carboxylic acid groups (broad SMARTS) is 1. The first-order valence-corrected chi connectivity index (χ1v) is 12.8. The second-order valence-corrected chi connectivity index (χ2v) is 10.8. The number of rotatable bonds is 4. The molecule has 1 saturated heterocycles. The zero-order valence-corrected chi connectivity index (χ0v) is 21.0. The van der Waals surface area contributed by atoms with Gasteiger partial charge in [-0.2, -0.15) is 17.5 Å². The van der Waals surface area contributed by atoms with Crippen LogP contribution in [0.2, 0.25) is 0 Å². The number of hydrogen-bond acceptors (Lipinski definition) is 5. The van der Waals surface area contributed by atoms with E-state index in [1.54, 1.807) is 28.6 Å². The number of benzene rings is 2. The number of nitrogens with one attached hydrogen (secondary N) is 1. The standard InChI is InChI=1S/C21H22BrN3O2S.C2HF3O2/c1-15-12-23-13-16-4-2-6-20(21(15)16)24-18-5-3-11-25(14-18)28(26,27)19-9-7-17(22)8-10-19;3-2(4,5)1(6)7/h2,4,6-10,12-13,18,24H,3,5,11,14H2,1H3;(H,6,7). The number of sulfonamides is 1. The van der Waals surface area contributed by atoms with E-state index in [1.807, 2.05) is 31.5 Å². The number of nitrogens with zero attached hydrogens (tertiary/aromatic N) is 2. The summed E-state index contributed by atoms with van der Waals surface area (Å²) in [5.74, 6) is -2.76. The van der Waals surface area contributed by atoms with Gasteiger partial charge in [0.25, 0.3) is 0 Å². The molecule has 2 heterocycles. The summed E-state index contributed by atoms with van der Waals surface area (Å²) in [6, 6.07) is 13.0. The van der Waals surface area contributed by atoms with E-state index in [2.05, 4.69) is 32.3 Å². The van der Waals surface area contributed by atoms with E-state index in [0.29, 0.717) is 18.0 Å². The Kier molecular flexibility index (Phi) is 8.39. The van der Waals surface area contributed by atoms with E-state index >= 15 is 0 Å². The van der Waals surface area contributed by atoms with Crippen molar-refractivity contribution in [2.75, 3.05) is 18.4 Å². The highest BCUT2D eigenvalue weighted by molar-refractivity contribution is 9.10. The molecule has 3 aromatic rings. The predicted octanol–water partition coefficient (Wildman–Crippen LogP) is 5.20. The van der Waals surface area contributed by atoms with Crippen molar-refractivity contribution < 1.29 is 31.5 Å². The number of fused-ring (bicyclic) bond motifs is 1. The van der Waals surface area contributed by atoms with Crippen LogP contribution in [0, 0.1) is 6.92 Å². The number of alkyl halides is 3. The first-order chi connectivity index (χ1) is 16.4. The average molecular weight is 574 g/mol. The molecule has 2 aromatic carbocycles. The van der Waals surface area contributed by atoms with Crippen molar-refractivity contribution >= 4 is 48.4 Å². The second kappa shape index (κ2) is 10.9. The van der Waals surface area contributed by atoms with Crippen LogP contribution in [-0.2, 0) is 14.8 Å². The number of aliphatic carboxylic acids is 1. The van der Waals surface area contributed by atoms with Crippen LogP contribution < -0.4 is 5.32 Å². The van der Waals surface area contributed by atoms with Crippen molar-refractivity contribution in [2.24, 2.45) is 0 Å². The van der Waals surface area contributed by atoms with Crippen LogP contribution in [0.1, 0.15) is 18.4 Å². The van der Waals surface area contributed by atoms with Gasteiger partial charge in [-0.15, -0.1) is 0 Å². The molecule has 35 heavy (non-hydrogen) atoms. The molecule has 0 aliphatic carbocycles. The molecule has 1 fully saturated rings. The summed E-state index contributed by atoms with van der Waals surface area (Å²) >= 11 is 3.36. The van der Waals surface area contributed by atoms with Crippen LogP contribution >= 0.6 is 15.9 Å². The zero-order valence-electron chi connectivity index (χ0n) is 18.6. The van der Waals surface area contributed by atoms with Crippen molar-refractivity contribution in [3.8, 4) is 0 Å². The fraction of sp³-hybridized carbons (Fsp3) is 0.304. The van der Waals surface area contributed by atoms with E-state index in [4.69, 9.17) is 9.90 Å². The summed E-state index contributed by atoms with van der Waals surface area (Å²) in [4.78, 5) is 13.5. The maximum Gasteiger partial charge on any atom is 0.490 e. The van der Waals surface area contributed by atoms with Gasteiger partial charge in [0.15, 0.2) is 0 Å². The van der Waals surface area contributed by atoms with Gasteiger partial charge in [0.2, 0.25) is 10.0 Å². The zero-order chi connectivity index (χ0) is 25.8. The van der Waals surface area contributed by atoms with Gasteiger partial charge in [-0.05, 0) is 55.7 Å². The van der Waals surface area contributed by atoms with Crippen molar-refractivity contribution in [1.29, 1.82) is 0 Å². The Morgan fingerprint density at radius 1 is 1.17 bits per heavy atom. The fourth-order valence-electron chi connectivity index (χ4n) is 3.79. The van der Waals surface area contributed by atoms with Gasteiger partial charge in [-0.25, -0.2) is 13.2 Å². The highest BCUT2D eigenvalue weighted by atomic mass is 79.9. The van der Waals surface area contributed by atoms with Crippen LogP contribution in [0.4, 0.5) is 18.9 Å². The first-order valence-electron chi connectivity index (χ1n) is 10.6. The number of carbonyl (C=O) groups is 1. The number of carboxylic acids is 1. The Bertz CT molecular complexity index is 1300. The fourth-order valence-corrected chi connectivity index (χ4v) is 5.57. The molecule has 1 aliphatic rings. The number of aromatic nitrogens is 1. The lowest BCUT2D eigenvalue weighted by molar-refractivity contribution is -0.192. The highest BCUT2D eigenvalue weighted by Crippen LogP contribution is 2.29. The van der Waals surface area contributed by atoms with Gasteiger partial charge >= 0.3 is 12.1 Å². The quantitative estimate of drug-likeness (QED) is 0.445. The smallest absolute Gasteiger partial charge is 0.475 e. The Hall–Kier alpha value is -2.70. The van der Waals surface area contributed by atoms with E-state index in [1.165, 1.54) is 0 Å². The van der Waals surface area contributed by atoms with Gasteiger partial charge in [-0.3, -0.25) is 4.98 Å². The first kappa shape index (κ1) is 26.9. The van der Waals surface area contributed by atoms with Gasteiger partial charge in [0.05, 0.1) is 4.90 Å². The minimum absolute atomic E-state index is 0.0668. The average Bonchev–Trinajstić information content (AvgIpc) is 2.79. The lowest BCUT2D eigenvalue weighted by atomic mass is 10.0. The van der Waals surface area contributed by atoms with Crippen LogP contribution in [0.3, 0.4) is 0 Å². The maximum atomic E-state index is 13.0. The minimum atomic E-state index is -5.08. The predicted molar refractivity (Wildman–Crippen MR) is 130 cm³/mol. The molecule has 2 N–H and O–H groups in total. The number of anilines is 1. The number of pyridine rings is 1. The molecule has 0 saturated carbocycles. The van der Waals surface area contributed by atoms with Crippen LogP contribution in [0.15, 0.2) is 64.2 Å². The summed E-state index contributed by atoms with van der Waals surface area (Å²) in [5, 5.41) is 12.9. The van der Waals surface area contributed by atoms with Crippen LogP contribution in [0.5, 0.6) is 0 Å². The summed E-state index contributed by atoms with van der Waals surface area (Å²) in [7, 11) is -3.49. The van der Waals surface area contributed by atoms with Gasteiger partial charge in [0.1, 0.15) is 0 Å². The van der Waals surface area contributed by atoms with Crippen LogP contribution in [-0.4, -0.2) is 54.1 Å². The summed E-state index contributed by atoms with van der Waals surface area (Å²) in [6.45, 7) is 3.06. The summed E-state index contributed by atoms with van der Waals surface area (Å²) in [5.41, 5.74) is 2.14. The number of hydrogen-bond donors (Lipinski definition) is 2. The topological polar surface area (TPSA) is 99.6 Å². The Balaban J connectivity index is 0.000000429. The lowest BCUT2D eigenvalue weighted by Gasteiger charge is -2.33. The molecule has 1 unspecified atom stereocenters. The monoisotopic (exact) mass is 573 g/mol.